The molecule has 0 spiro atoms. The summed E-state index contributed by atoms with van der Waals surface area (Å²) >= 11 is 0. The van der Waals surface area contributed by atoms with E-state index in [-0.39, 0.29) is 15.3 Å². The molecule has 0 radical (unpaired) electrons. The monoisotopic (exact) mass is 360 g/mol. The number of H-pyrrole nitrogens is 1. The van der Waals surface area contributed by atoms with Crippen LogP contribution in [0.3, 0.4) is 0 Å². The number of fused-ring (bicyclic) bond motifs is 1. The number of aromatic amines is 1. The minimum absolute atomic E-state index is 0.0791. The van der Waals surface area contributed by atoms with Gasteiger partial charge in [-0.3, -0.25) is 5.10 Å². The van der Waals surface area contributed by atoms with Crippen LogP contribution < -0.4 is 10.2 Å². The van der Waals surface area contributed by atoms with Crippen molar-refractivity contribution in [3.05, 3.63) is 48.3 Å². The molecule has 25 heavy (non-hydrogen) atoms. The first-order valence-electron chi connectivity index (χ1n) is 8.01. The number of nitrogens with one attached hydrogen (secondary N) is 2. The lowest BCUT2D eigenvalue weighted by Gasteiger charge is -2.29. The van der Waals surface area contributed by atoms with Crippen LogP contribution >= 0.6 is 0 Å². The molecule has 0 saturated carbocycles. The topological polar surface area (TPSA) is 78.1 Å². The van der Waals surface area contributed by atoms with Gasteiger partial charge in [-0.25, -0.2) is 12.8 Å². The summed E-state index contributed by atoms with van der Waals surface area (Å²) in [5.41, 5.74) is 1.08. The van der Waals surface area contributed by atoms with Gasteiger partial charge >= 0.3 is 0 Å². The molecule has 1 fully saturated rings. The Labute approximate surface area is 144 Å². The minimum Gasteiger partial charge on any atom is -0.367 e. The van der Waals surface area contributed by atoms with E-state index in [4.69, 9.17) is 0 Å². The fourth-order valence-electron chi connectivity index (χ4n) is 3.11. The van der Waals surface area contributed by atoms with E-state index < -0.39 is 15.7 Å². The van der Waals surface area contributed by atoms with Gasteiger partial charge in [-0.05, 0) is 24.3 Å². The largest absolute Gasteiger partial charge is 0.367 e. The SMILES string of the molecule is O=S(=O)(c1ccccc1)c1[nH]nc2c(N3CCNCC3)cc(F)cc12. The van der Waals surface area contributed by atoms with Crippen molar-refractivity contribution < 1.29 is 12.8 Å². The Morgan fingerprint density at radius 2 is 1.80 bits per heavy atom. The van der Waals surface area contributed by atoms with Crippen LogP contribution in [0.5, 0.6) is 0 Å². The van der Waals surface area contributed by atoms with Gasteiger partial charge in [-0.1, -0.05) is 18.2 Å². The standard InChI is InChI=1S/C17H17FN4O2S/c18-12-10-14-16(15(11-12)22-8-6-19-7-9-22)20-21-17(14)25(23,24)13-4-2-1-3-5-13/h1-5,10-11,19H,6-9H2,(H,20,21). The molecule has 6 nitrogen and oxygen atoms in total. The fourth-order valence-corrected chi connectivity index (χ4v) is 4.47. The molecule has 4 rings (SSSR count). The summed E-state index contributed by atoms with van der Waals surface area (Å²) in [6.07, 6.45) is 0. The van der Waals surface area contributed by atoms with Crippen LogP contribution in [-0.4, -0.2) is 44.8 Å². The van der Waals surface area contributed by atoms with E-state index >= 15 is 0 Å². The second-order valence-electron chi connectivity index (χ2n) is 5.93. The van der Waals surface area contributed by atoms with Crippen LogP contribution in [-0.2, 0) is 9.84 Å². The molecule has 8 heteroatoms. The quantitative estimate of drug-likeness (QED) is 0.746. The Morgan fingerprint density at radius 1 is 1.08 bits per heavy atom. The number of benzene rings is 2. The molecule has 0 unspecified atom stereocenters. The number of hydrogen-bond acceptors (Lipinski definition) is 5. The second-order valence-corrected chi connectivity index (χ2v) is 7.81. The third-order valence-corrected chi connectivity index (χ3v) is 6.09. The lowest BCUT2D eigenvalue weighted by atomic mass is 10.2. The summed E-state index contributed by atoms with van der Waals surface area (Å²) in [7, 11) is -3.80. The van der Waals surface area contributed by atoms with E-state index in [1.165, 1.54) is 24.3 Å². The lowest BCUT2D eigenvalue weighted by molar-refractivity contribution is 0.586. The first-order valence-corrected chi connectivity index (χ1v) is 9.49. The van der Waals surface area contributed by atoms with Crippen molar-refractivity contribution in [2.45, 2.75) is 9.92 Å². The predicted molar refractivity (Wildman–Crippen MR) is 93.0 cm³/mol. The molecule has 1 aromatic heterocycles. The van der Waals surface area contributed by atoms with Crippen molar-refractivity contribution in [1.82, 2.24) is 15.5 Å². The molecule has 130 valence electrons. The summed E-state index contributed by atoms with van der Waals surface area (Å²) in [5, 5.41) is 10.2. The number of halogens is 1. The summed E-state index contributed by atoms with van der Waals surface area (Å²) in [5.74, 6) is -0.480. The number of nitrogens with zero attached hydrogens (tertiary/aromatic N) is 2. The predicted octanol–water partition coefficient (Wildman–Crippen LogP) is 1.94. The van der Waals surface area contributed by atoms with Gasteiger partial charge in [0.05, 0.1) is 10.6 Å². The smallest absolute Gasteiger partial charge is 0.223 e. The van der Waals surface area contributed by atoms with Crippen LogP contribution in [0, 0.1) is 5.82 Å². The maximum Gasteiger partial charge on any atom is 0.223 e. The van der Waals surface area contributed by atoms with Gasteiger partial charge in [0.15, 0.2) is 5.03 Å². The number of sulfone groups is 1. The van der Waals surface area contributed by atoms with Gasteiger partial charge in [0, 0.05) is 31.6 Å². The lowest BCUT2D eigenvalue weighted by Crippen LogP contribution is -2.43. The number of rotatable bonds is 3. The summed E-state index contributed by atoms with van der Waals surface area (Å²) < 4.78 is 40.0. The molecule has 2 aromatic carbocycles. The van der Waals surface area contributed by atoms with Crippen molar-refractivity contribution in [3.8, 4) is 0 Å². The Hall–Kier alpha value is -2.45. The normalized spacial score (nSPS) is 15.6. The Bertz CT molecular complexity index is 1010. The van der Waals surface area contributed by atoms with Crippen molar-refractivity contribution in [2.24, 2.45) is 0 Å². The Balaban J connectivity index is 1.89. The first-order chi connectivity index (χ1) is 12.1. The highest BCUT2D eigenvalue weighted by molar-refractivity contribution is 7.91. The summed E-state index contributed by atoms with van der Waals surface area (Å²) in [6, 6.07) is 10.7. The van der Waals surface area contributed by atoms with Gasteiger partial charge in [-0.2, -0.15) is 5.10 Å². The first kappa shape index (κ1) is 16.0. The highest BCUT2D eigenvalue weighted by atomic mass is 32.2. The molecule has 0 bridgehead atoms. The molecule has 0 amide bonds. The molecular weight excluding hydrogens is 343 g/mol. The molecular formula is C17H17FN4O2S. The molecule has 2 heterocycles. The highest BCUT2D eigenvalue weighted by Gasteiger charge is 2.26. The highest BCUT2D eigenvalue weighted by Crippen LogP contribution is 2.33. The number of aromatic nitrogens is 2. The third-order valence-electron chi connectivity index (χ3n) is 4.35. The van der Waals surface area contributed by atoms with E-state index in [1.807, 2.05) is 4.90 Å². The van der Waals surface area contributed by atoms with Gasteiger partial charge in [-0.15, -0.1) is 0 Å². The molecule has 0 aliphatic carbocycles. The Morgan fingerprint density at radius 3 is 2.52 bits per heavy atom. The molecule has 3 aromatic rings. The molecule has 0 atom stereocenters. The van der Waals surface area contributed by atoms with E-state index in [0.717, 1.165) is 13.1 Å². The van der Waals surface area contributed by atoms with E-state index in [9.17, 15) is 12.8 Å². The van der Waals surface area contributed by atoms with Crippen molar-refractivity contribution in [3.63, 3.8) is 0 Å². The Kier molecular flexibility index (Phi) is 3.93. The van der Waals surface area contributed by atoms with Crippen LogP contribution in [0.15, 0.2) is 52.4 Å². The minimum atomic E-state index is -3.80. The molecule has 2 N–H and O–H groups in total. The zero-order chi connectivity index (χ0) is 17.4. The van der Waals surface area contributed by atoms with Gasteiger partial charge in [0.25, 0.3) is 0 Å². The van der Waals surface area contributed by atoms with Crippen molar-refractivity contribution in [2.75, 3.05) is 31.1 Å². The second kappa shape index (κ2) is 6.12. The van der Waals surface area contributed by atoms with Crippen molar-refractivity contribution in [1.29, 1.82) is 0 Å². The maximum atomic E-state index is 14.2. The average molecular weight is 360 g/mol. The number of anilines is 1. The van der Waals surface area contributed by atoms with E-state index in [0.29, 0.717) is 24.3 Å². The van der Waals surface area contributed by atoms with Crippen LogP contribution in [0.25, 0.3) is 10.9 Å². The van der Waals surface area contributed by atoms with Crippen LogP contribution in [0.1, 0.15) is 0 Å². The van der Waals surface area contributed by atoms with E-state index in [2.05, 4.69) is 15.5 Å². The van der Waals surface area contributed by atoms with Crippen LogP contribution in [0.4, 0.5) is 10.1 Å². The molecule has 1 aliphatic rings. The van der Waals surface area contributed by atoms with E-state index in [1.54, 1.807) is 18.2 Å². The van der Waals surface area contributed by atoms with Gasteiger partial charge in [0.2, 0.25) is 9.84 Å². The van der Waals surface area contributed by atoms with Gasteiger partial charge < -0.3 is 10.2 Å². The van der Waals surface area contributed by atoms with Gasteiger partial charge in [0.1, 0.15) is 11.3 Å². The summed E-state index contributed by atoms with van der Waals surface area (Å²) in [4.78, 5) is 2.16. The third kappa shape index (κ3) is 2.77. The zero-order valence-electron chi connectivity index (χ0n) is 13.4. The maximum absolute atomic E-state index is 14.2. The molecule has 1 saturated heterocycles. The molecule has 1 aliphatic heterocycles. The summed E-state index contributed by atoms with van der Waals surface area (Å²) in [6.45, 7) is 3.01. The van der Waals surface area contributed by atoms with Crippen LogP contribution in [0.2, 0.25) is 0 Å². The fraction of sp³-hybridized carbons (Fsp3) is 0.235. The number of piperazine rings is 1. The average Bonchev–Trinajstić information content (AvgIpc) is 3.07. The number of hydrogen-bond donors (Lipinski definition) is 2. The van der Waals surface area contributed by atoms with Crippen molar-refractivity contribution >= 4 is 26.4 Å². The zero-order valence-corrected chi connectivity index (χ0v) is 14.2.